The minimum atomic E-state index is -0.347. The maximum atomic E-state index is 10.8. The molecule has 0 aliphatic carbocycles. The van der Waals surface area contributed by atoms with Crippen LogP contribution in [-0.2, 0) is 0 Å². The molecule has 1 rings (SSSR count). The number of nitrogens with zero attached hydrogens (tertiary/aromatic N) is 2. The lowest BCUT2D eigenvalue weighted by Crippen LogP contribution is -2.19. The second-order valence-electron chi connectivity index (χ2n) is 4.33. The van der Waals surface area contributed by atoms with Crippen LogP contribution in [0.2, 0.25) is 0 Å². The van der Waals surface area contributed by atoms with Gasteiger partial charge in [-0.1, -0.05) is 37.6 Å². The van der Waals surface area contributed by atoms with E-state index in [0.717, 1.165) is 13.1 Å². The molecule has 4 nitrogen and oxygen atoms in total. The molecule has 98 valence electrons. The maximum absolute atomic E-state index is 10.8. The summed E-state index contributed by atoms with van der Waals surface area (Å²) in [5.41, 5.74) is 0.816. The Bertz CT molecular complexity index is 416. The minimum Gasteiger partial charge on any atom is -0.303 e. The van der Waals surface area contributed by atoms with Crippen LogP contribution < -0.4 is 0 Å². The number of hydrogen-bond donors (Lipinski definition) is 0. The van der Waals surface area contributed by atoms with Crippen molar-refractivity contribution < 1.29 is 4.92 Å². The zero-order valence-corrected chi connectivity index (χ0v) is 11.0. The molecule has 1 aromatic rings. The summed E-state index contributed by atoms with van der Waals surface area (Å²) in [5.74, 6) is 0. The van der Waals surface area contributed by atoms with E-state index in [2.05, 4.69) is 18.9 Å². The first-order valence-electron chi connectivity index (χ1n) is 6.23. The van der Waals surface area contributed by atoms with Crippen LogP contribution in [0.4, 0.5) is 5.69 Å². The molecule has 0 aromatic heterocycles. The predicted molar refractivity (Wildman–Crippen MR) is 74.5 cm³/mol. The average molecular weight is 248 g/mol. The summed E-state index contributed by atoms with van der Waals surface area (Å²) in [6.07, 6.45) is 6.15. The molecule has 1 aromatic carbocycles. The molecule has 0 saturated heterocycles. The monoisotopic (exact) mass is 248 g/mol. The van der Waals surface area contributed by atoms with Gasteiger partial charge in [0.25, 0.3) is 5.69 Å². The molecule has 0 atom stereocenters. The zero-order valence-electron chi connectivity index (χ0n) is 11.0. The Labute approximate surface area is 108 Å². The molecule has 0 saturated carbocycles. The molecule has 0 spiro atoms. The largest absolute Gasteiger partial charge is 0.303 e. The fourth-order valence-electron chi connectivity index (χ4n) is 1.67. The predicted octanol–water partition coefficient (Wildman–Crippen LogP) is 3.34. The van der Waals surface area contributed by atoms with Crippen molar-refractivity contribution in [3.8, 4) is 0 Å². The Morgan fingerprint density at radius 1 is 1.39 bits per heavy atom. The number of nitro groups is 1. The molecule has 0 N–H and O–H groups in total. The van der Waals surface area contributed by atoms with Crippen molar-refractivity contribution in [2.45, 2.75) is 19.8 Å². The van der Waals surface area contributed by atoms with Crippen LogP contribution in [-0.4, -0.2) is 30.0 Å². The molecular formula is C14H20N2O2. The molecule has 0 aliphatic heterocycles. The highest BCUT2D eigenvalue weighted by atomic mass is 16.6. The summed E-state index contributed by atoms with van der Waals surface area (Å²) >= 11 is 0. The topological polar surface area (TPSA) is 46.4 Å². The summed E-state index contributed by atoms with van der Waals surface area (Å²) in [7, 11) is 2.05. The van der Waals surface area contributed by atoms with Crippen LogP contribution in [0.1, 0.15) is 25.3 Å². The van der Waals surface area contributed by atoms with Crippen LogP contribution in [0, 0.1) is 10.1 Å². The lowest BCUT2D eigenvalue weighted by atomic mass is 10.1. The van der Waals surface area contributed by atoms with Crippen molar-refractivity contribution in [3.05, 3.63) is 46.0 Å². The van der Waals surface area contributed by atoms with E-state index < -0.39 is 0 Å². The number of benzene rings is 1. The van der Waals surface area contributed by atoms with Crippen LogP contribution in [0.5, 0.6) is 0 Å². The molecule has 0 aliphatic rings. The van der Waals surface area contributed by atoms with Gasteiger partial charge in [0.1, 0.15) is 0 Å². The van der Waals surface area contributed by atoms with Gasteiger partial charge < -0.3 is 4.90 Å². The molecule has 0 heterocycles. The van der Waals surface area contributed by atoms with Gasteiger partial charge in [0.2, 0.25) is 0 Å². The molecule has 0 unspecified atom stereocenters. The van der Waals surface area contributed by atoms with Gasteiger partial charge >= 0.3 is 0 Å². The van der Waals surface area contributed by atoms with Gasteiger partial charge in [-0.25, -0.2) is 0 Å². The first-order chi connectivity index (χ1) is 8.65. The zero-order chi connectivity index (χ0) is 13.4. The van der Waals surface area contributed by atoms with E-state index in [9.17, 15) is 10.1 Å². The van der Waals surface area contributed by atoms with Gasteiger partial charge in [-0.3, -0.25) is 10.1 Å². The first-order valence-corrected chi connectivity index (χ1v) is 6.23. The Balaban J connectivity index is 2.59. The van der Waals surface area contributed by atoms with Crippen molar-refractivity contribution in [3.63, 3.8) is 0 Å². The second kappa shape index (κ2) is 7.61. The Hall–Kier alpha value is -1.68. The normalized spacial score (nSPS) is 11.3. The maximum Gasteiger partial charge on any atom is 0.276 e. The van der Waals surface area contributed by atoms with Crippen LogP contribution >= 0.6 is 0 Å². The summed E-state index contributed by atoms with van der Waals surface area (Å²) < 4.78 is 0. The molecule has 0 radical (unpaired) electrons. The number of rotatable bonds is 7. The number of para-hydroxylation sites is 1. The Kier molecular flexibility index (Phi) is 6.08. The molecule has 0 bridgehead atoms. The minimum absolute atomic E-state index is 0.157. The third kappa shape index (κ3) is 4.67. The quantitative estimate of drug-likeness (QED) is 0.549. The first kappa shape index (κ1) is 14.4. The van der Waals surface area contributed by atoms with Gasteiger partial charge in [0.15, 0.2) is 0 Å². The second-order valence-corrected chi connectivity index (χ2v) is 4.33. The molecular weight excluding hydrogens is 228 g/mol. The van der Waals surface area contributed by atoms with Gasteiger partial charge in [-0.15, -0.1) is 0 Å². The van der Waals surface area contributed by atoms with E-state index in [4.69, 9.17) is 0 Å². The lowest BCUT2D eigenvalue weighted by Gasteiger charge is -2.12. The number of hydrogen-bond acceptors (Lipinski definition) is 3. The van der Waals surface area contributed by atoms with Crippen LogP contribution in [0.15, 0.2) is 30.3 Å². The standard InChI is InChI=1S/C14H20N2O2/c1-3-4-11-15(2)12-7-9-13-8-5-6-10-14(13)16(17)18/h5-10H,3-4,11-12H2,1-2H3. The summed E-state index contributed by atoms with van der Waals surface area (Å²) in [6, 6.07) is 6.79. The summed E-state index contributed by atoms with van der Waals surface area (Å²) in [4.78, 5) is 12.7. The molecule has 0 fully saturated rings. The lowest BCUT2D eigenvalue weighted by molar-refractivity contribution is -0.385. The van der Waals surface area contributed by atoms with Crippen LogP contribution in [0.25, 0.3) is 6.08 Å². The Morgan fingerprint density at radius 3 is 2.78 bits per heavy atom. The summed E-state index contributed by atoms with van der Waals surface area (Å²) in [5, 5.41) is 10.8. The smallest absolute Gasteiger partial charge is 0.276 e. The highest BCUT2D eigenvalue weighted by molar-refractivity contribution is 5.60. The molecule has 18 heavy (non-hydrogen) atoms. The average Bonchev–Trinajstić information content (AvgIpc) is 2.36. The van der Waals surface area contributed by atoms with Crippen molar-refractivity contribution in [2.24, 2.45) is 0 Å². The third-order valence-electron chi connectivity index (χ3n) is 2.74. The van der Waals surface area contributed by atoms with E-state index in [1.54, 1.807) is 12.1 Å². The van der Waals surface area contributed by atoms with Crippen molar-refractivity contribution >= 4 is 11.8 Å². The van der Waals surface area contributed by atoms with Gasteiger partial charge in [-0.05, 0) is 26.1 Å². The Morgan fingerprint density at radius 2 is 2.11 bits per heavy atom. The third-order valence-corrected chi connectivity index (χ3v) is 2.74. The van der Waals surface area contributed by atoms with Crippen LogP contribution in [0.3, 0.4) is 0 Å². The van der Waals surface area contributed by atoms with Crippen molar-refractivity contribution in [1.29, 1.82) is 0 Å². The van der Waals surface area contributed by atoms with E-state index in [-0.39, 0.29) is 10.6 Å². The highest BCUT2D eigenvalue weighted by Gasteiger charge is 2.08. The fourth-order valence-corrected chi connectivity index (χ4v) is 1.67. The molecule has 0 amide bonds. The van der Waals surface area contributed by atoms with Gasteiger partial charge in [0, 0.05) is 12.6 Å². The van der Waals surface area contributed by atoms with Crippen molar-refractivity contribution in [1.82, 2.24) is 4.90 Å². The van der Waals surface area contributed by atoms with Gasteiger partial charge in [-0.2, -0.15) is 0 Å². The fraction of sp³-hybridized carbons (Fsp3) is 0.429. The SMILES string of the molecule is CCCCN(C)CC=Cc1ccccc1[N+](=O)[O-]. The van der Waals surface area contributed by atoms with E-state index in [1.165, 1.54) is 18.9 Å². The van der Waals surface area contributed by atoms with E-state index in [0.29, 0.717) is 5.56 Å². The molecule has 4 heteroatoms. The highest BCUT2D eigenvalue weighted by Crippen LogP contribution is 2.18. The van der Waals surface area contributed by atoms with Gasteiger partial charge in [0.05, 0.1) is 10.5 Å². The number of unbranched alkanes of at least 4 members (excludes halogenated alkanes) is 1. The number of nitro benzene ring substituents is 1. The van der Waals surface area contributed by atoms with E-state index in [1.807, 2.05) is 18.2 Å². The number of likely N-dealkylation sites (N-methyl/N-ethyl adjacent to an activating group) is 1. The van der Waals surface area contributed by atoms with Crippen molar-refractivity contribution in [2.75, 3.05) is 20.1 Å². The summed E-state index contributed by atoms with van der Waals surface area (Å²) in [6.45, 7) is 4.03. The van der Waals surface area contributed by atoms with E-state index >= 15 is 0 Å².